The molecule has 1 amide bonds. The van der Waals surface area contributed by atoms with Crippen LogP contribution in [0.25, 0.3) is 0 Å². The topological polar surface area (TPSA) is 95.9 Å². The molecule has 0 aromatic carbocycles. The summed E-state index contributed by atoms with van der Waals surface area (Å²) in [5.41, 5.74) is 0. The number of rotatable bonds is 66. The van der Waals surface area contributed by atoms with Gasteiger partial charge in [0.15, 0.2) is 0 Å². The van der Waals surface area contributed by atoms with Crippen LogP contribution in [-0.2, 0) is 14.3 Å². The highest BCUT2D eigenvalue weighted by Gasteiger charge is 2.20. The van der Waals surface area contributed by atoms with E-state index in [9.17, 15) is 19.8 Å². The summed E-state index contributed by atoms with van der Waals surface area (Å²) in [7, 11) is 0. The van der Waals surface area contributed by atoms with Crippen molar-refractivity contribution in [1.29, 1.82) is 0 Å². The number of aliphatic hydroxyl groups excluding tert-OH is 2. The van der Waals surface area contributed by atoms with Gasteiger partial charge in [0.2, 0.25) is 5.91 Å². The minimum Gasteiger partial charge on any atom is -0.466 e. The number of ether oxygens (including phenoxy) is 1. The first kappa shape index (κ1) is 73.9. The zero-order valence-electron chi connectivity index (χ0n) is 51.3. The first-order chi connectivity index (χ1) is 37.0. The number of amides is 1. The van der Waals surface area contributed by atoms with Crippen LogP contribution in [0.4, 0.5) is 0 Å². The number of aliphatic hydroxyl groups is 2. The van der Waals surface area contributed by atoms with Crippen LogP contribution >= 0.6 is 0 Å². The fourth-order valence-corrected chi connectivity index (χ4v) is 11.4. The summed E-state index contributed by atoms with van der Waals surface area (Å²) in [6.45, 7) is 5.00. The molecule has 0 saturated heterocycles. The van der Waals surface area contributed by atoms with E-state index in [1.165, 1.54) is 334 Å². The van der Waals surface area contributed by atoms with Gasteiger partial charge < -0.3 is 20.3 Å². The Morgan fingerprint density at radius 2 is 0.547 bits per heavy atom. The van der Waals surface area contributed by atoms with Gasteiger partial charge in [-0.05, 0) is 25.7 Å². The molecule has 3 N–H and O–H groups in total. The maximum absolute atomic E-state index is 12.5. The van der Waals surface area contributed by atoms with Crippen molar-refractivity contribution in [2.24, 2.45) is 0 Å². The molecule has 0 saturated carbocycles. The minimum absolute atomic E-state index is 0.0191. The number of esters is 1. The van der Waals surface area contributed by atoms with Crippen LogP contribution in [0.15, 0.2) is 0 Å². The predicted molar refractivity (Wildman–Crippen MR) is 329 cm³/mol. The molecule has 0 fully saturated rings. The van der Waals surface area contributed by atoms with Crippen molar-refractivity contribution in [3.63, 3.8) is 0 Å². The molecular formula is C69H137NO5. The van der Waals surface area contributed by atoms with E-state index in [0.29, 0.717) is 25.9 Å². The van der Waals surface area contributed by atoms with Crippen molar-refractivity contribution >= 4 is 11.9 Å². The normalized spacial score (nSPS) is 12.4. The maximum Gasteiger partial charge on any atom is 0.305 e. The average molecular weight is 1060 g/mol. The minimum atomic E-state index is -0.663. The molecule has 0 bridgehead atoms. The zero-order chi connectivity index (χ0) is 54.3. The lowest BCUT2D eigenvalue weighted by Gasteiger charge is -2.22. The third kappa shape index (κ3) is 61.9. The molecule has 2 unspecified atom stereocenters. The van der Waals surface area contributed by atoms with Crippen molar-refractivity contribution in [3.05, 3.63) is 0 Å². The van der Waals surface area contributed by atoms with E-state index >= 15 is 0 Å². The second-order valence-corrected chi connectivity index (χ2v) is 24.2. The van der Waals surface area contributed by atoms with E-state index in [1.807, 2.05) is 0 Å². The Labute approximate surface area is 470 Å². The largest absolute Gasteiger partial charge is 0.466 e. The smallest absolute Gasteiger partial charge is 0.305 e. The Hall–Kier alpha value is -1.14. The molecular weight excluding hydrogens is 923 g/mol. The zero-order valence-corrected chi connectivity index (χ0v) is 51.3. The van der Waals surface area contributed by atoms with Crippen LogP contribution in [0.5, 0.6) is 0 Å². The predicted octanol–water partition coefficient (Wildman–Crippen LogP) is 22.2. The summed E-state index contributed by atoms with van der Waals surface area (Å²) in [5.74, 6) is -0.00948. The highest BCUT2D eigenvalue weighted by atomic mass is 16.5. The van der Waals surface area contributed by atoms with Crippen molar-refractivity contribution in [2.45, 2.75) is 418 Å². The lowest BCUT2D eigenvalue weighted by atomic mass is 10.0. The van der Waals surface area contributed by atoms with Gasteiger partial charge in [-0.15, -0.1) is 0 Å². The van der Waals surface area contributed by atoms with Gasteiger partial charge >= 0.3 is 5.97 Å². The molecule has 0 heterocycles. The lowest BCUT2D eigenvalue weighted by molar-refractivity contribution is -0.143. The van der Waals surface area contributed by atoms with E-state index in [1.54, 1.807) is 0 Å². The van der Waals surface area contributed by atoms with Crippen LogP contribution in [0, 0.1) is 0 Å². The molecule has 448 valence electrons. The number of hydrogen-bond acceptors (Lipinski definition) is 5. The van der Waals surface area contributed by atoms with Crippen LogP contribution < -0.4 is 5.32 Å². The van der Waals surface area contributed by atoms with Gasteiger partial charge in [-0.3, -0.25) is 9.59 Å². The summed E-state index contributed by atoms with van der Waals surface area (Å²) >= 11 is 0. The third-order valence-electron chi connectivity index (χ3n) is 16.7. The highest BCUT2D eigenvalue weighted by molar-refractivity contribution is 5.76. The van der Waals surface area contributed by atoms with Gasteiger partial charge in [0.1, 0.15) is 0 Å². The number of nitrogens with one attached hydrogen (secondary N) is 1. The maximum atomic E-state index is 12.5. The molecule has 0 spiro atoms. The summed E-state index contributed by atoms with van der Waals surface area (Å²) in [6, 6.07) is -0.540. The summed E-state index contributed by atoms with van der Waals surface area (Å²) in [4.78, 5) is 24.6. The Morgan fingerprint density at radius 3 is 0.813 bits per heavy atom. The molecule has 6 heteroatoms. The molecule has 0 rings (SSSR count). The first-order valence-electron chi connectivity index (χ1n) is 34.8. The van der Waals surface area contributed by atoms with Gasteiger partial charge in [0, 0.05) is 12.8 Å². The number of hydrogen-bond donors (Lipinski definition) is 3. The van der Waals surface area contributed by atoms with Crippen LogP contribution in [0.1, 0.15) is 406 Å². The van der Waals surface area contributed by atoms with Crippen molar-refractivity contribution in [1.82, 2.24) is 5.32 Å². The van der Waals surface area contributed by atoms with E-state index in [2.05, 4.69) is 19.2 Å². The molecule has 0 radical (unpaired) electrons. The summed E-state index contributed by atoms with van der Waals surface area (Å²) in [6.07, 6.45) is 78.5. The third-order valence-corrected chi connectivity index (χ3v) is 16.7. The fourth-order valence-electron chi connectivity index (χ4n) is 11.4. The Balaban J connectivity index is 3.35. The van der Waals surface area contributed by atoms with E-state index in [-0.39, 0.29) is 18.5 Å². The summed E-state index contributed by atoms with van der Waals surface area (Å²) in [5, 5.41) is 23.4. The van der Waals surface area contributed by atoms with Gasteiger partial charge in [-0.25, -0.2) is 0 Å². The average Bonchev–Trinajstić information content (AvgIpc) is 3.41. The molecule has 0 aromatic heterocycles. The van der Waals surface area contributed by atoms with Crippen molar-refractivity contribution in [2.75, 3.05) is 13.2 Å². The van der Waals surface area contributed by atoms with Crippen molar-refractivity contribution in [3.8, 4) is 0 Å². The Morgan fingerprint density at radius 1 is 0.320 bits per heavy atom. The molecule has 0 aromatic rings. The molecule has 75 heavy (non-hydrogen) atoms. The Bertz CT molecular complexity index is 1080. The quantitative estimate of drug-likeness (QED) is 0.0417. The first-order valence-corrected chi connectivity index (χ1v) is 34.8. The lowest BCUT2D eigenvalue weighted by Crippen LogP contribution is -2.45. The monoisotopic (exact) mass is 1060 g/mol. The highest BCUT2D eigenvalue weighted by Crippen LogP contribution is 2.19. The molecule has 0 aliphatic heterocycles. The second-order valence-electron chi connectivity index (χ2n) is 24.2. The van der Waals surface area contributed by atoms with E-state index in [0.717, 1.165) is 38.5 Å². The standard InChI is InChI=1S/C69H137NO5/c1-3-5-7-9-11-13-15-17-19-20-21-28-31-34-37-41-45-49-53-57-61-67(72)66(65-71)70-68(73)62-58-54-50-46-42-38-35-32-29-26-24-22-23-25-27-30-33-36-40-44-48-52-56-60-64-75-69(74)63-59-55-51-47-43-39-18-16-14-12-10-8-6-4-2/h66-67,71-72H,3-65H2,1-2H3,(H,70,73). The van der Waals surface area contributed by atoms with Gasteiger partial charge in [-0.2, -0.15) is 0 Å². The molecule has 6 nitrogen and oxygen atoms in total. The van der Waals surface area contributed by atoms with Crippen LogP contribution in [-0.4, -0.2) is 47.4 Å². The van der Waals surface area contributed by atoms with Crippen LogP contribution in [0.2, 0.25) is 0 Å². The molecule has 0 aliphatic rings. The Kier molecular flexibility index (Phi) is 64.4. The van der Waals surface area contributed by atoms with Gasteiger partial charge in [0.25, 0.3) is 0 Å². The van der Waals surface area contributed by atoms with E-state index in [4.69, 9.17) is 4.74 Å². The number of carbonyl (C=O) groups excluding carboxylic acids is 2. The molecule has 0 aliphatic carbocycles. The SMILES string of the molecule is CCCCCCCCCCCCCCCCCCCCCCC(O)C(CO)NC(=O)CCCCCCCCCCCCCCCCCCCCCCCCCCOC(=O)CCCCCCCCCCCCCCCC. The number of carbonyl (C=O) groups is 2. The van der Waals surface area contributed by atoms with E-state index < -0.39 is 12.1 Å². The second kappa shape index (κ2) is 65.4. The summed E-state index contributed by atoms with van der Waals surface area (Å²) < 4.78 is 5.49. The fraction of sp³-hybridized carbons (Fsp3) is 0.971. The van der Waals surface area contributed by atoms with Crippen LogP contribution in [0.3, 0.4) is 0 Å². The van der Waals surface area contributed by atoms with Gasteiger partial charge in [0.05, 0.1) is 25.4 Å². The van der Waals surface area contributed by atoms with Crippen molar-refractivity contribution < 1.29 is 24.5 Å². The molecule has 2 atom stereocenters. The number of unbranched alkanes of at least 4 members (excludes halogenated alkanes) is 55. The van der Waals surface area contributed by atoms with Gasteiger partial charge in [-0.1, -0.05) is 367 Å².